The van der Waals surface area contributed by atoms with E-state index in [-0.39, 0.29) is 5.60 Å². The first-order chi connectivity index (χ1) is 9.05. The highest BCUT2D eigenvalue weighted by atomic mass is 16.5. The van der Waals surface area contributed by atoms with E-state index in [1.807, 2.05) is 6.07 Å². The molecule has 1 aromatic carbocycles. The first kappa shape index (κ1) is 12.9. The van der Waals surface area contributed by atoms with Gasteiger partial charge in [-0.15, -0.1) is 0 Å². The van der Waals surface area contributed by atoms with Crippen LogP contribution in [0.1, 0.15) is 37.8 Å². The molecule has 104 valence electrons. The Hall–Kier alpha value is -1.06. The van der Waals surface area contributed by atoms with Crippen molar-refractivity contribution in [3.05, 3.63) is 29.3 Å². The average molecular weight is 260 g/mol. The Bertz CT molecular complexity index is 470. The van der Waals surface area contributed by atoms with E-state index in [9.17, 15) is 0 Å². The number of anilines is 1. The SMILES string of the molecule is CC1(C)CC(N2CCc3cccc(N)c3C2)CCO1. The molecule has 3 nitrogen and oxygen atoms in total. The maximum atomic E-state index is 6.14. The topological polar surface area (TPSA) is 38.5 Å². The molecule has 1 aromatic rings. The number of benzene rings is 1. The highest BCUT2D eigenvalue weighted by Crippen LogP contribution is 2.32. The van der Waals surface area contributed by atoms with Gasteiger partial charge in [-0.05, 0) is 50.3 Å². The van der Waals surface area contributed by atoms with Crippen molar-refractivity contribution in [3.8, 4) is 0 Å². The summed E-state index contributed by atoms with van der Waals surface area (Å²) in [5.41, 5.74) is 9.88. The van der Waals surface area contributed by atoms with Crippen molar-refractivity contribution >= 4 is 5.69 Å². The molecule has 2 N–H and O–H groups in total. The molecule has 1 unspecified atom stereocenters. The molecule has 0 aliphatic carbocycles. The van der Waals surface area contributed by atoms with Crippen LogP contribution in [-0.2, 0) is 17.7 Å². The lowest BCUT2D eigenvalue weighted by Gasteiger charge is -2.43. The Labute approximate surface area is 115 Å². The van der Waals surface area contributed by atoms with Crippen LogP contribution in [0.2, 0.25) is 0 Å². The molecule has 3 rings (SSSR count). The molecule has 0 bridgehead atoms. The van der Waals surface area contributed by atoms with Gasteiger partial charge in [-0.2, -0.15) is 0 Å². The number of hydrogen-bond acceptors (Lipinski definition) is 3. The lowest BCUT2D eigenvalue weighted by Crippen LogP contribution is -2.47. The first-order valence-electron chi connectivity index (χ1n) is 7.29. The van der Waals surface area contributed by atoms with E-state index >= 15 is 0 Å². The first-order valence-corrected chi connectivity index (χ1v) is 7.29. The fraction of sp³-hybridized carbons (Fsp3) is 0.625. The van der Waals surface area contributed by atoms with Crippen LogP contribution in [0.3, 0.4) is 0 Å². The van der Waals surface area contributed by atoms with Crippen molar-refractivity contribution in [2.75, 3.05) is 18.9 Å². The molecule has 0 saturated carbocycles. The van der Waals surface area contributed by atoms with Crippen LogP contribution >= 0.6 is 0 Å². The van der Waals surface area contributed by atoms with Gasteiger partial charge in [0.15, 0.2) is 0 Å². The number of hydrogen-bond donors (Lipinski definition) is 1. The van der Waals surface area contributed by atoms with Crippen molar-refractivity contribution < 1.29 is 4.74 Å². The normalized spacial score (nSPS) is 26.9. The highest BCUT2D eigenvalue weighted by Gasteiger charge is 2.33. The molecule has 3 heteroatoms. The largest absolute Gasteiger partial charge is 0.398 e. The summed E-state index contributed by atoms with van der Waals surface area (Å²) < 4.78 is 5.83. The van der Waals surface area contributed by atoms with Crippen molar-refractivity contribution in [3.63, 3.8) is 0 Å². The number of ether oxygens (including phenoxy) is 1. The Morgan fingerprint density at radius 2 is 2.21 bits per heavy atom. The van der Waals surface area contributed by atoms with E-state index in [2.05, 4.69) is 30.9 Å². The summed E-state index contributed by atoms with van der Waals surface area (Å²) in [6.45, 7) is 7.43. The fourth-order valence-electron chi connectivity index (χ4n) is 3.45. The minimum Gasteiger partial charge on any atom is -0.398 e. The molecule has 1 atom stereocenters. The van der Waals surface area contributed by atoms with Gasteiger partial charge in [0.05, 0.1) is 5.60 Å². The second kappa shape index (κ2) is 4.80. The van der Waals surface area contributed by atoms with Gasteiger partial charge in [0.2, 0.25) is 0 Å². The Morgan fingerprint density at radius 3 is 3.00 bits per heavy atom. The maximum Gasteiger partial charge on any atom is 0.0641 e. The number of nitrogens with two attached hydrogens (primary N) is 1. The molecule has 0 radical (unpaired) electrons. The van der Waals surface area contributed by atoms with Crippen LogP contribution in [0.4, 0.5) is 5.69 Å². The third-order valence-corrected chi connectivity index (χ3v) is 4.53. The van der Waals surface area contributed by atoms with E-state index in [1.54, 1.807) is 0 Å². The zero-order valence-electron chi connectivity index (χ0n) is 12.0. The molecule has 19 heavy (non-hydrogen) atoms. The minimum atomic E-state index is 0.0193. The molecule has 0 amide bonds. The van der Waals surface area contributed by atoms with E-state index in [0.717, 1.165) is 44.6 Å². The van der Waals surface area contributed by atoms with E-state index in [1.165, 1.54) is 11.1 Å². The van der Waals surface area contributed by atoms with Crippen LogP contribution in [-0.4, -0.2) is 29.7 Å². The number of rotatable bonds is 1. The molecule has 0 spiro atoms. The molecule has 2 aliphatic rings. The summed E-state index contributed by atoms with van der Waals surface area (Å²) in [4.78, 5) is 2.60. The Morgan fingerprint density at radius 1 is 1.37 bits per heavy atom. The lowest BCUT2D eigenvalue weighted by atomic mass is 9.90. The van der Waals surface area contributed by atoms with E-state index in [0.29, 0.717) is 6.04 Å². The van der Waals surface area contributed by atoms with Crippen molar-refractivity contribution in [1.82, 2.24) is 4.90 Å². The fourth-order valence-corrected chi connectivity index (χ4v) is 3.45. The number of nitrogen functional groups attached to an aromatic ring is 1. The maximum absolute atomic E-state index is 6.14. The molecule has 1 saturated heterocycles. The summed E-state index contributed by atoms with van der Waals surface area (Å²) in [6, 6.07) is 6.95. The number of fused-ring (bicyclic) bond motifs is 1. The van der Waals surface area contributed by atoms with E-state index in [4.69, 9.17) is 10.5 Å². The third-order valence-electron chi connectivity index (χ3n) is 4.53. The van der Waals surface area contributed by atoms with Gasteiger partial charge in [0.1, 0.15) is 0 Å². The van der Waals surface area contributed by atoms with Crippen molar-refractivity contribution in [1.29, 1.82) is 0 Å². The molecular formula is C16H24N2O. The lowest BCUT2D eigenvalue weighted by molar-refractivity contribution is -0.0851. The predicted octanol–water partition coefficient (Wildman–Crippen LogP) is 2.58. The average Bonchev–Trinajstić information content (AvgIpc) is 2.38. The van der Waals surface area contributed by atoms with Gasteiger partial charge in [0.25, 0.3) is 0 Å². The zero-order chi connectivity index (χ0) is 13.5. The summed E-state index contributed by atoms with van der Waals surface area (Å²) in [6.07, 6.45) is 3.39. The monoisotopic (exact) mass is 260 g/mol. The smallest absolute Gasteiger partial charge is 0.0641 e. The minimum absolute atomic E-state index is 0.0193. The van der Waals surface area contributed by atoms with Crippen LogP contribution in [0.5, 0.6) is 0 Å². The second-order valence-corrected chi connectivity index (χ2v) is 6.46. The van der Waals surface area contributed by atoms with Crippen molar-refractivity contribution in [2.24, 2.45) is 0 Å². The highest BCUT2D eigenvalue weighted by molar-refractivity contribution is 5.51. The van der Waals surface area contributed by atoms with Gasteiger partial charge in [-0.25, -0.2) is 0 Å². The summed E-state index contributed by atoms with van der Waals surface area (Å²) in [7, 11) is 0. The predicted molar refractivity (Wildman–Crippen MR) is 78.0 cm³/mol. The van der Waals surface area contributed by atoms with E-state index < -0.39 is 0 Å². The van der Waals surface area contributed by atoms with Gasteiger partial charge in [-0.3, -0.25) is 4.90 Å². The van der Waals surface area contributed by atoms with Gasteiger partial charge >= 0.3 is 0 Å². The summed E-state index contributed by atoms with van der Waals surface area (Å²) >= 11 is 0. The molecule has 0 aromatic heterocycles. The quantitative estimate of drug-likeness (QED) is 0.789. The second-order valence-electron chi connectivity index (χ2n) is 6.46. The van der Waals surface area contributed by atoms with Gasteiger partial charge in [-0.1, -0.05) is 12.1 Å². The van der Waals surface area contributed by atoms with Crippen LogP contribution < -0.4 is 5.73 Å². The molecule has 2 aliphatic heterocycles. The van der Waals surface area contributed by atoms with Gasteiger partial charge in [0, 0.05) is 31.4 Å². The molecule has 2 heterocycles. The third kappa shape index (κ3) is 2.63. The zero-order valence-corrected chi connectivity index (χ0v) is 12.0. The van der Waals surface area contributed by atoms with Gasteiger partial charge < -0.3 is 10.5 Å². The number of nitrogens with zero attached hydrogens (tertiary/aromatic N) is 1. The van der Waals surface area contributed by atoms with Crippen molar-refractivity contribution in [2.45, 2.75) is 51.3 Å². The summed E-state index contributed by atoms with van der Waals surface area (Å²) in [5, 5.41) is 0. The standard InChI is InChI=1S/C16H24N2O/c1-16(2)10-13(7-9-19-16)18-8-6-12-4-3-5-15(17)14(12)11-18/h3-5,13H,6-11,17H2,1-2H3. The molecule has 1 fully saturated rings. The van der Waals surface area contributed by atoms with Crippen LogP contribution in [0.15, 0.2) is 18.2 Å². The Kier molecular flexibility index (Phi) is 3.27. The Balaban J connectivity index is 1.76. The van der Waals surface area contributed by atoms with Crippen LogP contribution in [0, 0.1) is 0 Å². The van der Waals surface area contributed by atoms with Crippen LogP contribution in [0.25, 0.3) is 0 Å². The molecular weight excluding hydrogens is 236 g/mol. The summed E-state index contributed by atoms with van der Waals surface area (Å²) in [5.74, 6) is 0.